The quantitative estimate of drug-likeness (QED) is 0.868. The lowest BCUT2D eigenvalue weighted by atomic mass is 10.1. The standard InChI is InChI=1S/C11H20N4O2S/c1-2-9-6-4-3-5-7-15(9)18(16,17)10-8-13-14-11(10)12/h8-9H,2-7H2,1H3,(H3,12,13,14). The number of hydrogen-bond donors (Lipinski definition) is 2. The first kappa shape index (κ1) is 13.4. The molecular weight excluding hydrogens is 252 g/mol. The summed E-state index contributed by atoms with van der Waals surface area (Å²) in [4.78, 5) is 0.0999. The Labute approximate surface area is 108 Å². The van der Waals surface area contributed by atoms with Crippen LogP contribution in [0, 0.1) is 0 Å². The van der Waals surface area contributed by atoms with Gasteiger partial charge in [0.2, 0.25) is 10.0 Å². The van der Waals surface area contributed by atoms with E-state index in [9.17, 15) is 8.42 Å². The van der Waals surface area contributed by atoms with E-state index in [0.29, 0.717) is 6.54 Å². The van der Waals surface area contributed by atoms with Gasteiger partial charge in [0.25, 0.3) is 0 Å². The number of hydrogen-bond acceptors (Lipinski definition) is 4. The Balaban J connectivity index is 2.35. The minimum atomic E-state index is -3.52. The molecule has 1 unspecified atom stereocenters. The number of nitrogens with two attached hydrogens (primary N) is 1. The van der Waals surface area contributed by atoms with E-state index >= 15 is 0 Å². The van der Waals surface area contributed by atoms with Crippen LogP contribution in [0.25, 0.3) is 0 Å². The van der Waals surface area contributed by atoms with E-state index in [4.69, 9.17) is 5.73 Å². The second kappa shape index (κ2) is 5.27. The second-order valence-corrected chi connectivity index (χ2v) is 6.53. The van der Waals surface area contributed by atoms with Gasteiger partial charge in [-0.05, 0) is 19.3 Å². The summed E-state index contributed by atoms with van der Waals surface area (Å²) < 4.78 is 26.8. The van der Waals surface area contributed by atoms with Crippen molar-refractivity contribution in [1.82, 2.24) is 14.5 Å². The van der Waals surface area contributed by atoms with Crippen molar-refractivity contribution < 1.29 is 8.42 Å². The fourth-order valence-electron chi connectivity index (χ4n) is 2.49. The molecule has 1 aromatic rings. The zero-order valence-corrected chi connectivity index (χ0v) is 11.4. The zero-order chi connectivity index (χ0) is 13.2. The van der Waals surface area contributed by atoms with Gasteiger partial charge in [0.15, 0.2) is 0 Å². The van der Waals surface area contributed by atoms with Crippen LogP contribution in [0.1, 0.15) is 39.0 Å². The fraction of sp³-hybridized carbons (Fsp3) is 0.727. The van der Waals surface area contributed by atoms with Crippen molar-refractivity contribution in [2.45, 2.75) is 50.0 Å². The SMILES string of the molecule is CCC1CCCCCN1S(=O)(=O)c1cn[nH]c1N. The first-order valence-corrected chi connectivity index (χ1v) is 7.82. The highest BCUT2D eigenvalue weighted by Gasteiger charge is 2.33. The maximum atomic E-state index is 12.6. The lowest BCUT2D eigenvalue weighted by Gasteiger charge is -2.27. The summed E-state index contributed by atoms with van der Waals surface area (Å²) in [5.74, 6) is 0.120. The van der Waals surface area contributed by atoms with Gasteiger partial charge in [-0.25, -0.2) is 8.42 Å². The molecule has 1 aliphatic rings. The molecule has 0 amide bonds. The van der Waals surface area contributed by atoms with Crippen LogP contribution in [0.5, 0.6) is 0 Å². The maximum Gasteiger partial charge on any atom is 0.248 e. The normalized spacial score (nSPS) is 22.8. The summed E-state index contributed by atoms with van der Waals surface area (Å²) in [6.45, 7) is 2.60. The molecule has 0 aliphatic carbocycles. The average Bonchev–Trinajstić information content (AvgIpc) is 2.65. The number of aromatic amines is 1. The van der Waals surface area contributed by atoms with E-state index in [1.54, 1.807) is 4.31 Å². The van der Waals surface area contributed by atoms with E-state index in [-0.39, 0.29) is 16.8 Å². The summed E-state index contributed by atoms with van der Waals surface area (Å²) in [5, 5.41) is 6.19. The highest BCUT2D eigenvalue weighted by molar-refractivity contribution is 7.89. The van der Waals surface area contributed by atoms with Crippen LogP contribution in [0.15, 0.2) is 11.1 Å². The molecule has 1 atom stereocenters. The number of nitrogens with zero attached hydrogens (tertiary/aromatic N) is 2. The van der Waals surface area contributed by atoms with Crippen molar-refractivity contribution in [2.24, 2.45) is 0 Å². The Morgan fingerprint density at radius 2 is 2.28 bits per heavy atom. The Hall–Kier alpha value is -1.08. The average molecular weight is 272 g/mol. The van der Waals surface area contributed by atoms with E-state index < -0.39 is 10.0 Å². The Morgan fingerprint density at radius 1 is 1.50 bits per heavy atom. The number of rotatable bonds is 3. The van der Waals surface area contributed by atoms with Crippen molar-refractivity contribution >= 4 is 15.8 Å². The molecule has 2 heterocycles. The van der Waals surface area contributed by atoms with Crippen LogP contribution < -0.4 is 5.73 Å². The highest BCUT2D eigenvalue weighted by atomic mass is 32.2. The zero-order valence-electron chi connectivity index (χ0n) is 10.6. The maximum absolute atomic E-state index is 12.6. The molecule has 1 aliphatic heterocycles. The minimum absolute atomic E-state index is 0.0757. The third-order valence-corrected chi connectivity index (χ3v) is 5.49. The molecule has 1 aromatic heterocycles. The molecular formula is C11H20N4O2S. The van der Waals surface area contributed by atoms with Crippen LogP contribution >= 0.6 is 0 Å². The summed E-state index contributed by atoms with van der Waals surface area (Å²) >= 11 is 0. The van der Waals surface area contributed by atoms with Crippen molar-refractivity contribution in [2.75, 3.05) is 12.3 Å². The van der Waals surface area contributed by atoms with Gasteiger partial charge in [-0.3, -0.25) is 5.10 Å². The molecule has 18 heavy (non-hydrogen) atoms. The lowest BCUT2D eigenvalue weighted by molar-refractivity contribution is 0.315. The topological polar surface area (TPSA) is 92.1 Å². The van der Waals surface area contributed by atoms with Gasteiger partial charge >= 0.3 is 0 Å². The predicted molar refractivity (Wildman–Crippen MR) is 69.4 cm³/mol. The molecule has 0 bridgehead atoms. The third-order valence-electron chi connectivity index (χ3n) is 3.51. The smallest absolute Gasteiger partial charge is 0.248 e. The second-order valence-electron chi connectivity index (χ2n) is 4.68. The van der Waals surface area contributed by atoms with E-state index in [2.05, 4.69) is 10.2 Å². The van der Waals surface area contributed by atoms with Gasteiger partial charge < -0.3 is 5.73 Å². The first-order chi connectivity index (χ1) is 8.57. The molecule has 0 saturated carbocycles. The number of nitrogen functional groups attached to an aromatic ring is 1. The number of nitrogens with one attached hydrogen (secondary N) is 1. The number of H-pyrrole nitrogens is 1. The Bertz CT molecular complexity index is 497. The van der Waals surface area contributed by atoms with Crippen molar-refractivity contribution in [1.29, 1.82) is 0 Å². The van der Waals surface area contributed by atoms with Gasteiger partial charge in [0.1, 0.15) is 10.7 Å². The van der Waals surface area contributed by atoms with Gasteiger partial charge in [-0.1, -0.05) is 19.8 Å². The summed E-state index contributed by atoms with van der Waals surface area (Å²) in [7, 11) is -3.52. The van der Waals surface area contributed by atoms with Crippen LogP contribution in [0.4, 0.5) is 5.82 Å². The molecule has 102 valence electrons. The summed E-state index contributed by atoms with van der Waals surface area (Å²) in [6, 6.07) is 0.0757. The van der Waals surface area contributed by atoms with E-state index in [0.717, 1.165) is 32.1 Å². The molecule has 6 nitrogen and oxygen atoms in total. The predicted octanol–water partition coefficient (Wildman–Crippen LogP) is 1.34. The molecule has 0 spiro atoms. The van der Waals surface area contributed by atoms with Crippen molar-refractivity contribution in [3.05, 3.63) is 6.20 Å². The molecule has 1 saturated heterocycles. The Morgan fingerprint density at radius 3 is 2.89 bits per heavy atom. The van der Waals surface area contributed by atoms with Crippen LogP contribution in [0.3, 0.4) is 0 Å². The van der Waals surface area contributed by atoms with Crippen LogP contribution in [0.2, 0.25) is 0 Å². The monoisotopic (exact) mass is 272 g/mol. The number of anilines is 1. The van der Waals surface area contributed by atoms with Gasteiger partial charge in [-0.2, -0.15) is 9.40 Å². The third kappa shape index (κ3) is 2.37. The lowest BCUT2D eigenvalue weighted by Crippen LogP contribution is -2.39. The minimum Gasteiger partial charge on any atom is -0.383 e. The van der Waals surface area contributed by atoms with Gasteiger partial charge in [0, 0.05) is 12.6 Å². The first-order valence-electron chi connectivity index (χ1n) is 6.38. The van der Waals surface area contributed by atoms with Crippen molar-refractivity contribution in [3.8, 4) is 0 Å². The van der Waals surface area contributed by atoms with Gasteiger partial charge in [0.05, 0.1) is 6.20 Å². The molecule has 0 radical (unpaired) electrons. The van der Waals surface area contributed by atoms with Gasteiger partial charge in [-0.15, -0.1) is 0 Å². The molecule has 3 N–H and O–H groups in total. The number of aromatic nitrogens is 2. The highest BCUT2D eigenvalue weighted by Crippen LogP contribution is 2.27. The van der Waals surface area contributed by atoms with Crippen molar-refractivity contribution in [3.63, 3.8) is 0 Å². The molecule has 1 fully saturated rings. The largest absolute Gasteiger partial charge is 0.383 e. The molecule has 2 rings (SSSR count). The molecule has 0 aromatic carbocycles. The van der Waals surface area contributed by atoms with E-state index in [1.807, 2.05) is 6.92 Å². The van der Waals surface area contributed by atoms with E-state index in [1.165, 1.54) is 6.20 Å². The van der Waals surface area contributed by atoms with Crippen LogP contribution in [-0.2, 0) is 10.0 Å². The summed E-state index contributed by atoms with van der Waals surface area (Å²) in [5.41, 5.74) is 5.64. The van der Waals surface area contributed by atoms with Crippen LogP contribution in [-0.4, -0.2) is 35.5 Å². The summed E-state index contributed by atoms with van der Waals surface area (Å²) in [6.07, 6.45) is 6.13. The number of sulfonamides is 1. The molecule has 7 heteroatoms. The fourth-order valence-corrected chi connectivity index (χ4v) is 4.27. The Kier molecular flexibility index (Phi) is 3.91.